The van der Waals surface area contributed by atoms with Crippen LogP contribution in [0.4, 0.5) is 13.2 Å². The molecule has 0 aliphatic carbocycles. The van der Waals surface area contributed by atoms with Gasteiger partial charge in [0.15, 0.2) is 11.6 Å². The number of hydrogen-bond donors (Lipinski definition) is 0. The third-order valence-corrected chi connectivity index (χ3v) is 3.02. The molecule has 2 aromatic rings. The Kier molecular flexibility index (Phi) is 5.47. The van der Waals surface area contributed by atoms with Gasteiger partial charge in [-0.3, -0.25) is 0 Å². The molecule has 0 saturated heterocycles. The molecule has 0 fully saturated rings. The van der Waals surface area contributed by atoms with Gasteiger partial charge in [0.25, 0.3) is 0 Å². The average Bonchev–Trinajstić information content (AvgIpc) is 2.49. The first-order valence-electron chi connectivity index (χ1n) is 6.90. The third kappa shape index (κ3) is 4.28. The van der Waals surface area contributed by atoms with Crippen LogP contribution in [0.5, 0.6) is 0 Å². The van der Waals surface area contributed by atoms with E-state index in [0.717, 1.165) is 30.5 Å². The molecule has 114 valence electrons. The van der Waals surface area contributed by atoms with E-state index in [1.165, 1.54) is 24.6 Å². The van der Waals surface area contributed by atoms with Crippen molar-refractivity contribution in [2.45, 2.75) is 19.8 Å². The molecule has 2 rings (SSSR count). The van der Waals surface area contributed by atoms with Gasteiger partial charge >= 0.3 is 0 Å². The average molecular weight is 304 g/mol. The highest BCUT2D eigenvalue weighted by molar-refractivity contribution is 5.82. The molecule has 22 heavy (non-hydrogen) atoms. The maximum atomic E-state index is 13.8. The van der Waals surface area contributed by atoms with Gasteiger partial charge in [-0.25, -0.2) is 13.2 Å². The highest BCUT2D eigenvalue weighted by atomic mass is 19.2. The number of hydrogen-bond acceptors (Lipinski definition) is 2. The molecule has 0 aliphatic heterocycles. The molecule has 5 heteroatoms. The van der Waals surface area contributed by atoms with Crippen LogP contribution in [0.3, 0.4) is 0 Å². The summed E-state index contributed by atoms with van der Waals surface area (Å²) >= 11 is 0. The van der Waals surface area contributed by atoms with Crippen molar-refractivity contribution in [2.24, 2.45) is 10.2 Å². The minimum Gasteiger partial charge on any atom is -0.206 e. The van der Waals surface area contributed by atoms with Crippen LogP contribution in [0, 0.1) is 17.5 Å². The van der Waals surface area contributed by atoms with E-state index in [-0.39, 0.29) is 5.82 Å². The van der Waals surface area contributed by atoms with Gasteiger partial charge in [-0.1, -0.05) is 31.5 Å². The molecule has 0 amide bonds. The number of aryl methyl sites for hydroxylation is 1. The zero-order valence-corrected chi connectivity index (χ0v) is 12.1. The van der Waals surface area contributed by atoms with E-state index in [4.69, 9.17) is 0 Å². The smallest absolute Gasteiger partial charge is 0.159 e. The SMILES string of the molecule is CCCc1ccc(/C=N/N=C/c2ccc(F)c(F)c2)c(F)c1. The van der Waals surface area contributed by atoms with Crippen LogP contribution in [0.15, 0.2) is 46.6 Å². The van der Waals surface area contributed by atoms with Crippen LogP contribution in [0.25, 0.3) is 0 Å². The van der Waals surface area contributed by atoms with Gasteiger partial charge in [-0.15, -0.1) is 0 Å². The minimum atomic E-state index is -0.953. The molecular weight excluding hydrogens is 289 g/mol. The first kappa shape index (κ1) is 15.9. The standard InChI is InChI=1S/C17H15F3N2/c1-2-3-12-4-6-14(16(19)8-12)11-22-21-10-13-5-7-15(18)17(20)9-13/h4-11H,2-3H2,1H3/b21-10+,22-11+. The summed E-state index contributed by atoms with van der Waals surface area (Å²) in [6.07, 6.45) is 4.32. The van der Waals surface area contributed by atoms with Crippen molar-refractivity contribution in [3.8, 4) is 0 Å². The molecule has 0 heterocycles. The van der Waals surface area contributed by atoms with Gasteiger partial charge in [0, 0.05) is 5.56 Å². The normalized spacial score (nSPS) is 11.6. The van der Waals surface area contributed by atoms with Crippen molar-refractivity contribution in [1.82, 2.24) is 0 Å². The van der Waals surface area contributed by atoms with Crippen molar-refractivity contribution < 1.29 is 13.2 Å². The van der Waals surface area contributed by atoms with Gasteiger partial charge in [0.2, 0.25) is 0 Å². The van der Waals surface area contributed by atoms with Gasteiger partial charge < -0.3 is 0 Å². The predicted octanol–water partition coefficient (Wildman–Crippen LogP) is 4.51. The molecular formula is C17H15F3N2. The molecule has 0 atom stereocenters. The fourth-order valence-electron chi connectivity index (χ4n) is 1.91. The zero-order valence-electron chi connectivity index (χ0n) is 12.1. The van der Waals surface area contributed by atoms with E-state index in [2.05, 4.69) is 10.2 Å². The van der Waals surface area contributed by atoms with E-state index in [9.17, 15) is 13.2 Å². The Bertz CT molecular complexity index is 709. The van der Waals surface area contributed by atoms with Crippen molar-refractivity contribution in [3.63, 3.8) is 0 Å². The molecule has 0 radical (unpaired) electrons. The Labute approximate surface area is 127 Å². The van der Waals surface area contributed by atoms with Crippen LogP contribution in [-0.2, 0) is 6.42 Å². The molecule has 2 nitrogen and oxygen atoms in total. The molecule has 0 unspecified atom stereocenters. The van der Waals surface area contributed by atoms with Gasteiger partial charge in [0.05, 0.1) is 12.4 Å². The monoisotopic (exact) mass is 304 g/mol. The second-order valence-electron chi connectivity index (χ2n) is 4.77. The number of benzene rings is 2. The van der Waals surface area contributed by atoms with Crippen molar-refractivity contribution >= 4 is 12.4 Å². The van der Waals surface area contributed by atoms with Gasteiger partial charge in [-0.05, 0) is 35.7 Å². The first-order valence-corrected chi connectivity index (χ1v) is 6.90. The summed E-state index contributed by atoms with van der Waals surface area (Å²) in [6, 6.07) is 8.34. The fraction of sp³-hybridized carbons (Fsp3) is 0.176. The predicted molar refractivity (Wildman–Crippen MR) is 81.9 cm³/mol. The molecule has 0 aromatic heterocycles. The molecule has 0 aliphatic rings. The Balaban J connectivity index is 2.05. The molecule has 0 spiro atoms. The molecule has 0 N–H and O–H groups in total. The number of nitrogens with zero attached hydrogens (tertiary/aromatic N) is 2. The fourth-order valence-corrected chi connectivity index (χ4v) is 1.91. The zero-order chi connectivity index (χ0) is 15.9. The summed E-state index contributed by atoms with van der Waals surface area (Å²) in [5, 5.41) is 7.41. The maximum Gasteiger partial charge on any atom is 0.159 e. The number of rotatable bonds is 5. The molecule has 0 bridgehead atoms. The summed E-state index contributed by atoms with van der Waals surface area (Å²) in [5.41, 5.74) is 1.62. The van der Waals surface area contributed by atoms with E-state index in [1.807, 2.05) is 13.0 Å². The Morgan fingerprint density at radius 1 is 0.864 bits per heavy atom. The van der Waals surface area contributed by atoms with Crippen molar-refractivity contribution in [3.05, 3.63) is 70.5 Å². The lowest BCUT2D eigenvalue weighted by molar-refractivity contribution is 0.508. The van der Waals surface area contributed by atoms with Gasteiger partial charge in [-0.2, -0.15) is 10.2 Å². The summed E-state index contributed by atoms with van der Waals surface area (Å²) in [4.78, 5) is 0. The Hall–Kier alpha value is -2.43. The van der Waals surface area contributed by atoms with E-state index >= 15 is 0 Å². The lowest BCUT2D eigenvalue weighted by Gasteiger charge is -2.00. The van der Waals surface area contributed by atoms with E-state index in [1.54, 1.807) is 6.07 Å². The lowest BCUT2D eigenvalue weighted by Crippen LogP contribution is -1.92. The van der Waals surface area contributed by atoms with Gasteiger partial charge in [0.1, 0.15) is 5.82 Å². The topological polar surface area (TPSA) is 24.7 Å². The quantitative estimate of drug-likeness (QED) is 0.573. The van der Waals surface area contributed by atoms with E-state index in [0.29, 0.717) is 11.1 Å². The summed E-state index contributed by atoms with van der Waals surface area (Å²) in [6.45, 7) is 2.03. The van der Waals surface area contributed by atoms with E-state index < -0.39 is 11.6 Å². The minimum absolute atomic E-state index is 0.322. The van der Waals surface area contributed by atoms with Crippen molar-refractivity contribution in [2.75, 3.05) is 0 Å². The van der Waals surface area contributed by atoms with Crippen LogP contribution >= 0.6 is 0 Å². The molecule has 0 saturated carbocycles. The van der Waals surface area contributed by atoms with Crippen LogP contribution in [-0.4, -0.2) is 12.4 Å². The largest absolute Gasteiger partial charge is 0.206 e. The second-order valence-corrected chi connectivity index (χ2v) is 4.77. The maximum absolute atomic E-state index is 13.8. The van der Waals surface area contributed by atoms with Crippen LogP contribution in [0.2, 0.25) is 0 Å². The highest BCUT2D eigenvalue weighted by Gasteiger charge is 2.01. The third-order valence-electron chi connectivity index (χ3n) is 3.02. The summed E-state index contributed by atoms with van der Waals surface area (Å²) in [5.74, 6) is -2.24. The second kappa shape index (κ2) is 7.54. The first-order chi connectivity index (χ1) is 10.6. The number of halogens is 3. The molecule has 2 aromatic carbocycles. The lowest BCUT2D eigenvalue weighted by atomic mass is 10.1. The summed E-state index contributed by atoms with van der Waals surface area (Å²) < 4.78 is 39.5. The van der Waals surface area contributed by atoms with Crippen LogP contribution < -0.4 is 0 Å². The van der Waals surface area contributed by atoms with Crippen LogP contribution in [0.1, 0.15) is 30.0 Å². The summed E-state index contributed by atoms with van der Waals surface area (Å²) in [7, 11) is 0. The Morgan fingerprint density at radius 2 is 1.64 bits per heavy atom. The van der Waals surface area contributed by atoms with Crippen molar-refractivity contribution in [1.29, 1.82) is 0 Å². The Morgan fingerprint density at radius 3 is 2.32 bits per heavy atom. The highest BCUT2D eigenvalue weighted by Crippen LogP contribution is 2.11.